The van der Waals surface area contributed by atoms with Crippen LogP contribution in [0.4, 0.5) is 0 Å². The summed E-state index contributed by atoms with van der Waals surface area (Å²) in [4.78, 5) is 0. The van der Waals surface area contributed by atoms with Crippen molar-refractivity contribution in [3.05, 3.63) is 12.2 Å². The summed E-state index contributed by atoms with van der Waals surface area (Å²) in [7, 11) is 0. The van der Waals surface area contributed by atoms with E-state index in [0.717, 1.165) is 32.1 Å². The Morgan fingerprint density at radius 1 is 1.09 bits per heavy atom. The Kier molecular flexibility index (Phi) is 4.01. The highest BCUT2D eigenvalue weighted by molar-refractivity contribution is 5.13. The largest absolute Gasteiger partial charge is 0.393 e. The number of fused-ring (bicyclic) bond motifs is 3. The van der Waals surface area contributed by atoms with Crippen molar-refractivity contribution in [2.24, 2.45) is 35.0 Å². The predicted molar refractivity (Wildman–Crippen MR) is 90.4 cm³/mol. The Balaban J connectivity index is 2.03. The van der Waals surface area contributed by atoms with Crippen molar-refractivity contribution in [1.82, 2.24) is 0 Å². The lowest BCUT2D eigenvalue weighted by Crippen LogP contribution is -2.59. The molecule has 8 atom stereocenters. The molecule has 0 aromatic heterocycles. The van der Waals surface area contributed by atoms with E-state index in [1.807, 2.05) is 6.92 Å². The molecule has 3 rings (SSSR count). The molecule has 2 heteroatoms. The van der Waals surface area contributed by atoms with Crippen LogP contribution in [-0.2, 0) is 0 Å². The molecule has 0 amide bonds. The van der Waals surface area contributed by atoms with Crippen molar-refractivity contribution < 1.29 is 10.2 Å². The van der Waals surface area contributed by atoms with Crippen LogP contribution in [0.5, 0.6) is 0 Å². The van der Waals surface area contributed by atoms with Crippen molar-refractivity contribution in [3.8, 4) is 0 Å². The molecule has 126 valence electrons. The summed E-state index contributed by atoms with van der Waals surface area (Å²) in [6.07, 6.45) is 6.20. The molecule has 0 saturated heterocycles. The molecular formula is C20H34O2. The van der Waals surface area contributed by atoms with Crippen molar-refractivity contribution in [1.29, 1.82) is 0 Å². The minimum absolute atomic E-state index is 0.172. The summed E-state index contributed by atoms with van der Waals surface area (Å²) < 4.78 is 0. The SMILES string of the molecule is C=C(C)[C@@H]1CC[C@](C)(O)[C@@H]2CC[C@@]3(C)CC[C@H](O)[C@H](C)[C@@H]3[C@H]21. The fraction of sp³-hybridized carbons (Fsp3) is 0.900. The molecular weight excluding hydrogens is 272 g/mol. The molecule has 0 aromatic carbocycles. The van der Waals surface area contributed by atoms with E-state index < -0.39 is 5.60 Å². The summed E-state index contributed by atoms with van der Waals surface area (Å²) in [5.41, 5.74) is 1.07. The van der Waals surface area contributed by atoms with Gasteiger partial charge in [0.15, 0.2) is 0 Å². The minimum Gasteiger partial charge on any atom is -0.393 e. The van der Waals surface area contributed by atoms with E-state index in [9.17, 15) is 10.2 Å². The molecule has 0 radical (unpaired) electrons. The van der Waals surface area contributed by atoms with Crippen LogP contribution < -0.4 is 0 Å². The van der Waals surface area contributed by atoms with Crippen LogP contribution in [0.25, 0.3) is 0 Å². The zero-order valence-corrected chi connectivity index (χ0v) is 14.8. The van der Waals surface area contributed by atoms with E-state index in [4.69, 9.17) is 0 Å². The van der Waals surface area contributed by atoms with Crippen LogP contribution >= 0.6 is 0 Å². The van der Waals surface area contributed by atoms with Crippen LogP contribution in [0, 0.1) is 35.0 Å². The van der Waals surface area contributed by atoms with E-state index in [0.29, 0.717) is 35.0 Å². The summed E-state index contributed by atoms with van der Waals surface area (Å²) in [5.74, 6) is 2.23. The highest BCUT2D eigenvalue weighted by Gasteiger charge is 2.58. The van der Waals surface area contributed by atoms with Crippen LogP contribution in [-0.4, -0.2) is 21.9 Å². The zero-order chi connectivity index (χ0) is 16.3. The van der Waals surface area contributed by atoms with Gasteiger partial charge >= 0.3 is 0 Å². The third kappa shape index (κ3) is 2.38. The van der Waals surface area contributed by atoms with Gasteiger partial charge in [-0.25, -0.2) is 0 Å². The Bertz CT molecular complexity index is 455. The molecule has 0 aromatic rings. The molecule has 3 saturated carbocycles. The molecule has 0 spiro atoms. The van der Waals surface area contributed by atoms with Gasteiger partial charge in [-0.05, 0) is 87.4 Å². The first-order valence-electron chi connectivity index (χ1n) is 9.23. The Labute approximate surface area is 136 Å². The normalized spacial score (nSPS) is 55.2. The molecule has 3 aliphatic rings. The maximum Gasteiger partial charge on any atom is 0.0651 e. The first kappa shape index (κ1) is 16.5. The maximum absolute atomic E-state index is 11.0. The lowest BCUT2D eigenvalue weighted by atomic mass is 9.44. The van der Waals surface area contributed by atoms with Crippen LogP contribution in [0.2, 0.25) is 0 Å². The number of allylic oxidation sites excluding steroid dienone is 1. The van der Waals surface area contributed by atoms with Crippen LogP contribution in [0.3, 0.4) is 0 Å². The van der Waals surface area contributed by atoms with Crippen molar-refractivity contribution >= 4 is 0 Å². The highest BCUT2D eigenvalue weighted by Crippen LogP contribution is 2.63. The van der Waals surface area contributed by atoms with Gasteiger partial charge in [-0.1, -0.05) is 26.0 Å². The van der Waals surface area contributed by atoms with E-state index in [2.05, 4.69) is 27.4 Å². The Morgan fingerprint density at radius 2 is 1.73 bits per heavy atom. The monoisotopic (exact) mass is 306 g/mol. The second-order valence-electron chi connectivity index (χ2n) is 9.22. The molecule has 3 fully saturated rings. The van der Waals surface area contributed by atoms with Crippen LogP contribution in [0.1, 0.15) is 66.2 Å². The van der Waals surface area contributed by atoms with Gasteiger partial charge in [0.25, 0.3) is 0 Å². The van der Waals surface area contributed by atoms with Crippen molar-refractivity contribution in [3.63, 3.8) is 0 Å². The van der Waals surface area contributed by atoms with E-state index in [1.54, 1.807) is 0 Å². The summed E-state index contributed by atoms with van der Waals surface area (Å²) in [5, 5.41) is 21.5. The standard InChI is InChI=1S/C20H34O2/c1-12(2)14-6-11-20(5,22)15-7-9-19(4)10-8-16(21)13(3)18(19)17(14)15/h13-18,21-22H,1,6-11H2,2-5H3/t13-,14-,15+,16-,17-,18+,19-,20-/m0/s1. The second kappa shape index (κ2) is 5.34. The average Bonchev–Trinajstić information content (AvgIpc) is 2.42. The summed E-state index contributed by atoms with van der Waals surface area (Å²) >= 11 is 0. The highest BCUT2D eigenvalue weighted by atomic mass is 16.3. The predicted octanol–water partition coefficient (Wildman–Crippen LogP) is 4.16. The zero-order valence-electron chi connectivity index (χ0n) is 14.8. The first-order valence-corrected chi connectivity index (χ1v) is 9.23. The number of rotatable bonds is 1. The smallest absolute Gasteiger partial charge is 0.0651 e. The minimum atomic E-state index is -0.542. The van der Waals surface area contributed by atoms with Crippen molar-refractivity contribution in [2.45, 2.75) is 77.9 Å². The first-order chi connectivity index (χ1) is 10.2. The van der Waals surface area contributed by atoms with E-state index in [1.165, 1.54) is 12.0 Å². The molecule has 3 aliphatic carbocycles. The summed E-state index contributed by atoms with van der Waals surface area (Å²) in [6, 6.07) is 0. The lowest BCUT2D eigenvalue weighted by Gasteiger charge is -2.62. The van der Waals surface area contributed by atoms with Crippen LogP contribution in [0.15, 0.2) is 12.2 Å². The van der Waals surface area contributed by atoms with Crippen molar-refractivity contribution in [2.75, 3.05) is 0 Å². The fourth-order valence-electron chi connectivity index (χ4n) is 6.47. The van der Waals surface area contributed by atoms with Gasteiger partial charge in [-0.15, -0.1) is 0 Å². The van der Waals surface area contributed by atoms with Gasteiger partial charge in [-0.2, -0.15) is 0 Å². The average molecular weight is 306 g/mol. The number of hydrogen-bond donors (Lipinski definition) is 2. The van der Waals surface area contributed by atoms with E-state index >= 15 is 0 Å². The molecule has 0 aliphatic heterocycles. The lowest BCUT2D eigenvalue weighted by molar-refractivity contribution is -0.175. The van der Waals surface area contributed by atoms with Gasteiger partial charge in [0.05, 0.1) is 11.7 Å². The molecule has 0 bridgehead atoms. The molecule has 0 unspecified atom stereocenters. The maximum atomic E-state index is 11.0. The number of aliphatic hydroxyl groups is 2. The Morgan fingerprint density at radius 3 is 2.36 bits per heavy atom. The number of hydrogen-bond acceptors (Lipinski definition) is 2. The van der Waals surface area contributed by atoms with Gasteiger partial charge in [0.2, 0.25) is 0 Å². The fourth-order valence-corrected chi connectivity index (χ4v) is 6.47. The molecule has 0 heterocycles. The third-order valence-electron chi connectivity index (χ3n) is 7.75. The second-order valence-corrected chi connectivity index (χ2v) is 9.22. The molecule has 2 N–H and O–H groups in total. The number of aliphatic hydroxyl groups excluding tert-OH is 1. The topological polar surface area (TPSA) is 40.5 Å². The van der Waals surface area contributed by atoms with Gasteiger partial charge in [-0.3, -0.25) is 0 Å². The van der Waals surface area contributed by atoms with Gasteiger partial charge < -0.3 is 10.2 Å². The summed E-state index contributed by atoms with van der Waals surface area (Å²) in [6.45, 7) is 13.2. The molecule has 22 heavy (non-hydrogen) atoms. The Hall–Kier alpha value is -0.340. The van der Waals surface area contributed by atoms with E-state index in [-0.39, 0.29) is 6.10 Å². The van der Waals surface area contributed by atoms with Gasteiger partial charge in [0.1, 0.15) is 0 Å². The van der Waals surface area contributed by atoms with Gasteiger partial charge in [0, 0.05) is 0 Å². The molecule has 2 nitrogen and oxygen atoms in total. The third-order valence-corrected chi connectivity index (χ3v) is 7.75. The quantitative estimate of drug-likeness (QED) is 0.714.